The van der Waals surface area contributed by atoms with Gasteiger partial charge in [-0.25, -0.2) is 0 Å². The molecule has 2 fully saturated rings. The van der Waals surface area contributed by atoms with Crippen LogP contribution in [0, 0.1) is 5.92 Å². The molecule has 3 nitrogen and oxygen atoms in total. The minimum Gasteiger partial charge on any atom is -0.391 e. The zero-order chi connectivity index (χ0) is 19.5. The number of nitrogens with zero attached hydrogens (tertiary/aromatic N) is 2. The lowest BCUT2D eigenvalue weighted by molar-refractivity contribution is 0.101. The Balaban J connectivity index is 1.45. The van der Waals surface area contributed by atoms with Crippen LogP contribution in [0.5, 0.6) is 0 Å². The molecule has 0 N–H and O–H groups in total. The highest BCUT2D eigenvalue weighted by Crippen LogP contribution is 2.47. The maximum Gasteiger partial charge on any atom is 0.142 e. The predicted octanol–water partition coefficient (Wildman–Crippen LogP) is 6.15. The Morgan fingerprint density at radius 1 is 1.11 bits per heavy atom. The van der Waals surface area contributed by atoms with Crippen molar-refractivity contribution in [3.05, 3.63) is 69.7 Å². The standard InChI is InChI=1S/C23H26Cl2N2O/c1-27-18-8-10-23(27)19(11-12-26-28-15-16-5-3-2-4-6-16)20(14-18)17-7-9-21(24)22(25)13-17/h2-7,9,12-13,18-20,23H,8,10-11,14-15H2,1H3/b26-12+/t18?,19-,20-,23?/m1/s1. The third-order valence-electron chi connectivity index (χ3n) is 6.40. The van der Waals surface area contributed by atoms with Crippen molar-refractivity contribution in [2.45, 2.75) is 50.3 Å². The van der Waals surface area contributed by atoms with E-state index in [0.717, 1.165) is 18.4 Å². The summed E-state index contributed by atoms with van der Waals surface area (Å²) in [6, 6.07) is 17.5. The first kappa shape index (κ1) is 19.8. The summed E-state index contributed by atoms with van der Waals surface area (Å²) in [7, 11) is 2.27. The lowest BCUT2D eigenvalue weighted by atomic mass is 9.75. The van der Waals surface area contributed by atoms with Gasteiger partial charge in [-0.2, -0.15) is 0 Å². The number of fused-ring (bicyclic) bond motifs is 2. The molecule has 2 unspecified atom stereocenters. The van der Waals surface area contributed by atoms with Gasteiger partial charge in [0.25, 0.3) is 0 Å². The maximum absolute atomic E-state index is 6.31. The van der Waals surface area contributed by atoms with Gasteiger partial charge in [-0.3, -0.25) is 0 Å². The fourth-order valence-electron chi connectivity index (χ4n) is 4.93. The third-order valence-corrected chi connectivity index (χ3v) is 7.14. The fourth-order valence-corrected chi connectivity index (χ4v) is 5.24. The number of hydrogen-bond donors (Lipinski definition) is 0. The first-order valence-electron chi connectivity index (χ1n) is 9.98. The van der Waals surface area contributed by atoms with Crippen molar-refractivity contribution in [1.29, 1.82) is 0 Å². The molecule has 0 radical (unpaired) electrons. The topological polar surface area (TPSA) is 24.8 Å². The molecule has 148 valence electrons. The molecule has 2 bridgehead atoms. The number of hydrogen-bond acceptors (Lipinski definition) is 3. The second kappa shape index (κ2) is 8.86. The van der Waals surface area contributed by atoms with Crippen LogP contribution in [0.2, 0.25) is 10.0 Å². The highest BCUT2D eigenvalue weighted by atomic mass is 35.5. The van der Waals surface area contributed by atoms with Crippen LogP contribution in [-0.2, 0) is 11.4 Å². The Hall–Kier alpha value is -1.55. The summed E-state index contributed by atoms with van der Waals surface area (Å²) in [4.78, 5) is 8.08. The van der Waals surface area contributed by atoms with Crippen LogP contribution in [0.25, 0.3) is 0 Å². The van der Waals surface area contributed by atoms with Crippen LogP contribution in [0.15, 0.2) is 53.7 Å². The molecule has 2 aliphatic heterocycles. The molecule has 0 aromatic heterocycles. The van der Waals surface area contributed by atoms with E-state index in [0.29, 0.717) is 40.6 Å². The van der Waals surface area contributed by atoms with E-state index in [1.807, 2.05) is 42.6 Å². The molecule has 2 saturated heterocycles. The van der Waals surface area contributed by atoms with Gasteiger partial charge in [0.2, 0.25) is 0 Å². The minimum atomic E-state index is 0.476. The van der Waals surface area contributed by atoms with Crippen molar-refractivity contribution in [2.75, 3.05) is 7.05 Å². The molecule has 2 aromatic rings. The molecule has 2 aliphatic rings. The second-order valence-corrected chi connectivity index (χ2v) is 8.74. The van der Waals surface area contributed by atoms with Gasteiger partial charge in [-0.15, -0.1) is 0 Å². The quantitative estimate of drug-likeness (QED) is 0.416. The van der Waals surface area contributed by atoms with Crippen molar-refractivity contribution in [2.24, 2.45) is 11.1 Å². The Morgan fingerprint density at radius 3 is 2.71 bits per heavy atom. The van der Waals surface area contributed by atoms with Gasteiger partial charge in [0.05, 0.1) is 10.0 Å². The minimum absolute atomic E-state index is 0.476. The molecule has 0 saturated carbocycles. The van der Waals surface area contributed by atoms with Gasteiger partial charge in [-0.05, 0) is 67.8 Å². The number of halogens is 2. The lowest BCUT2D eigenvalue weighted by Crippen LogP contribution is -2.45. The Morgan fingerprint density at radius 2 is 1.93 bits per heavy atom. The van der Waals surface area contributed by atoms with E-state index in [1.165, 1.54) is 18.4 Å². The average Bonchev–Trinajstić information content (AvgIpc) is 2.95. The largest absolute Gasteiger partial charge is 0.391 e. The summed E-state index contributed by atoms with van der Waals surface area (Å²) >= 11 is 12.5. The summed E-state index contributed by atoms with van der Waals surface area (Å²) in [5.74, 6) is 0.981. The van der Waals surface area contributed by atoms with Crippen LogP contribution in [0.4, 0.5) is 0 Å². The van der Waals surface area contributed by atoms with Crippen LogP contribution >= 0.6 is 23.2 Å². The van der Waals surface area contributed by atoms with Crippen molar-refractivity contribution in [3.8, 4) is 0 Å². The molecule has 0 amide bonds. The smallest absolute Gasteiger partial charge is 0.142 e. The van der Waals surface area contributed by atoms with Crippen molar-refractivity contribution < 1.29 is 4.84 Å². The van der Waals surface area contributed by atoms with E-state index in [9.17, 15) is 0 Å². The predicted molar refractivity (Wildman–Crippen MR) is 116 cm³/mol. The monoisotopic (exact) mass is 416 g/mol. The highest BCUT2D eigenvalue weighted by Gasteiger charge is 2.45. The summed E-state index contributed by atoms with van der Waals surface area (Å²) in [6.07, 6.45) is 6.54. The molecule has 0 aliphatic carbocycles. The number of piperidine rings is 1. The van der Waals surface area contributed by atoms with Gasteiger partial charge in [-0.1, -0.05) is 64.8 Å². The summed E-state index contributed by atoms with van der Waals surface area (Å²) in [6.45, 7) is 0.504. The maximum atomic E-state index is 6.31. The van der Waals surface area contributed by atoms with Crippen LogP contribution in [0.1, 0.15) is 42.7 Å². The molecule has 2 aromatic carbocycles. The first-order chi connectivity index (χ1) is 13.6. The van der Waals surface area contributed by atoms with E-state index in [4.69, 9.17) is 28.0 Å². The molecular weight excluding hydrogens is 391 g/mol. The zero-order valence-corrected chi connectivity index (χ0v) is 17.6. The SMILES string of the molecule is CN1C2CCC1[C@H](C/C=N/OCc1ccccc1)[C@@H](c1ccc(Cl)c(Cl)c1)C2. The average molecular weight is 417 g/mol. The van der Waals surface area contributed by atoms with Gasteiger partial charge in [0.1, 0.15) is 6.61 Å². The Labute approximate surface area is 177 Å². The van der Waals surface area contributed by atoms with Gasteiger partial charge in [0, 0.05) is 18.3 Å². The van der Waals surface area contributed by atoms with Crippen LogP contribution in [0.3, 0.4) is 0 Å². The van der Waals surface area contributed by atoms with E-state index in [-0.39, 0.29) is 0 Å². The number of rotatable bonds is 6. The van der Waals surface area contributed by atoms with Crippen molar-refractivity contribution in [1.82, 2.24) is 4.90 Å². The van der Waals surface area contributed by atoms with E-state index >= 15 is 0 Å². The molecule has 4 atom stereocenters. The van der Waals surface area contributed by atoms with Crippen molar-refractivity contribution >= 4 is 29.4 Å². The molecule has 28 heavy (non-hydrogen) atoms. The normalized spacial score (nSPS) is 27.4. The molecule has 2 heterocycles. The van der Waals surface area contributed by atoms with Gasteiger partial charge < -0.3 is 9.74 Å². The Kier molecular flexibility index (Phi) is 6.25. The lowest BCUT2D eigenvalue weighted by Gasteiger charge is -2.43. The highest BCUT2D eigenvalue weighted by molar-refractivity contribution is 6.42. The van der Waals surface area contributed by atoms with Gasteiger partial charge >= 0.3 is 0 Å². The van der Waals surface area contributed by atoms with Crippen LogP contribution in [-0.4, -0.2) is 30.2 Å². The zero-order valence-electron chi connectivity index (χ0n) is 16.1. The summed E-state index contributed by atoms with van der Waals surface area (Å²) < 4.78 is 0. The van der Waals surface area contributed by atoms with E-state index in [1.54, 1.807) is 0 Å². The number of oxime groups is 1. The van der Waals surface area contributed by atoms with Crippen LogP contribution < -0.4 is 0 Å². The van der Waals surface area contributed by atoms with Gasteiger partial charge in [0.15, 0.2) is 0 Å². The first-order valence-corrected chi connectivity index (χ1v) is 10.7. The number of benzene rings is 2. The van der Waals surface area contributed by atoms with E-state index < -0.39 is 0 Å². The molecule has 5 heteroatoms. The molecule has 4 rings (SSSR count). The van der Waals surface area contributed by atoms with E-state index in [2.05, 4.69) is 29.2 Å². The summed E-state index contributed by atoms with van der Waals surface area (Å²) in [5.41, 5.74) is 2.42. The molecule has 0 spiro atoms. The molecular formula is C23H26Cl2N2O. The Bertz CT molecular complexity index is 827. The van der Waals surface area contributed by atoms with Crippen molar-refractivity contribution in [3.63, 3.8) is 0 Å². The summed E-state index contributed by atoms with van der Waals surface area (Å²) in [5, 5.41) is 5.50. The third kappa shape index (κ3) is 4.22. The second-order valence-electron chi connectivity index (χ2n) is 7.93. The fraction of sp³-hybridized carbons (Fsp3) is 0.435.